The van der Waals surface area contributed by atoms with E-state index in [9.17, 15) is 0 Å². The van der Waals surface area contributed by atoms with Gasteiger partial charge in [0.05, 0.1) is 0 Å². The van der Waals surface area contributed by atoms with E-state index in [1.165, 1.54) is 5.56 Å². The number of unbranched alkanes of at least 4 members (excludes halogenated alkanes) is 1. The fraction of sp³-hybridized carbons (Fsp3) is 0.500. The summed E-state index contributed by atoms with van der Waals surface area (Å²) in [6.45, 7) is 0. The van der Waals surface area contributed by atoms with Gasteiger partial charge in [0.2, 0.25) is 0 Å². The molecule has 0 aliphatic heterocycles. The number of hydrogen-bond acceptors (Lipinski definition) is 2. The third-order valence-corrected chi connectivity index (χ3v) is 4.74. The third-order valence-electron chi connectivity index (χ3n) is 2.57. The molecule has 0 atom stereocenters. The van der Waals surface area contributed by atoms with Crippen LogP contribution in [0.2, 0.25) is 11.1 Å². The lowest BCUT2D eigenvalue weighted by molar-refractivity contribution is 0.276. The summed E-state index contributed by atoms with van der Waals surface area (Å²) in [6.07, 6.45) is 3.40. The molecule has 2 nitrogen and oxygen atoms in total. The van der Waals surface area contributed by atoms with Crippen LogP contribution in [0.5, 0.6) is 0 Å². The zero-order valence-electron chi connectivity index (χ0n) is 9.91. The topological polar surface area (TPSA) is 18.5 Å². The first-order chi connectivity index (χ1) is 7.76. The molecule has 90 valence electrons. The Morgan fingerprint density at radius 1 is 1.19 bits per heavy atom. The van der Waals surface area contributed by atoms with Gasteiger partial charge in [-0.1, -0.05) is 30.2 Å². The van der Waals surface area contributed by atoms with E-state index in [2.05, 4.69) is 6.07 Å². The summed E-state index contributed by atoms with van der Waals surface area (Å²) in [5, 5.41) is 0.818. The predicted octanol–water partition coefficient (Wildman–Crippen LogP) is 3.18. The van der Waals surface area contributed by atoms with Crippen molar-refractivity contribution in [3.05, 3.63) is 34.9 Å². The van der Waals surface area contributed by atoms with Gasteiger partial charge in [-0.3, -0.25) is 0 Å². The molecule has 4 heteroatoms. The summed E-state index contributed by atoms with van der Waals surface area (Å²) in [5.74, 6) is 0. The minimum Gasteiger partial charge on any atom is -0.400 e. The lowest BCUT2D eigenvalue weighted by atomic mass is 10.1. The fourth-order valence-electron chi connectivity index (χ4n) is 1.66. The van der Waals surface area contributed by atoms with Gasteiger partial charge in [-0.2, -0.15) is 0 Å². The Morgan fingerprint density at radius 3 is 2.56 bits per heavy atom. The number of rotatable bonds is 7. The average molecular weight is 259 g/mol. The van der Waals surface area contributed by atoms with E-state index in [1.54, 1.807) is 14.2 Å². The zero-order chi connectivity index (χ0) is 11.8. The summed E-state index contributed by atoms with van der Waals surface area (Å²) in [5.41, 5.74) is 1.31. The molecule has 1 aromatic rings. The van der Waals surface area contributed by atoms with E-state index in [0.29, 0.717) is 0 Å². The monoisotopic (exact) mass is 258 g/mol. The molecular weight excluding hydrogens is 240 g/mol. The van der Waals surface area contributed by atoms with E-state index < -0.39 is 9.28 Å². The molecule has 0 N–H and O–H groups in total. The molecule has 16 heavy (non-hydrogen) atoms. The van der Waals surface area contributed by atoms with Crippen molar-refractivity contribution in [1.29, 1.82) is 0 Å². The Labute approximate surface area is 104 Å². The molecule has 0 spiro atoms. The predicted molar refractivity (Wildman–Crippen MR) is 70.4 cm³/mol. The summed E-state index contributed by atoms with van der Waals surface area (Å²) >= 11 is 5.92. The van der Waals surface area contributed by atoms with Crippen LogP contribution < -0.4 is 0 Å². The normalized spacial score (nSPS) is 11.0. The second-order valence-electron chi connectivity index (χ2n) is 3.78. The maximum atomic E-state index is 5.92. The summed E-state index contributed by atoms with van der Waals surface area (Å²) in [7, 11) is 2.11. The summed E-state index contributed by atoms with van der Waals surface area (Å²) in [6, 6.07) is 9.13. The van der Waals surface area contributed by atoms with Crippen LogP contribution in [0.25, 0.3) is 0 Å². The van der Waals surface area contributed by atoms with Crippen molar-refractivity contribution >= 4 is 20.9 Å². The van der Waals surface area contributed by atoms with Crippen molar-refractivity contribution in [3.63, 3.8) is 0 Å². The van der Waals surface area contributed by atoms with Gasteiger partial charge in [0.25, 0.3) is 0 Å². The van der Waals surface area contributed by atoms with Crippen LogP contribution in [0.1, 0.15) is 18.4 Å². The highest BCUT2D eigenvalue weighted by atomic mass is 35.5. The molecule has 0 unspecified atom stereocenters. The molecule has 0 aliphatic carbocycles. The Bertz CT molecular complexity index is 303. The number of aryl methyl sites for hydroxylation is 1. The van der Waals surface area contributed by atoms with Gasteiger partial charge >= 0.3 is 9.28 Å². The standard InChI is InChI=1S/C12H19ClO2Si/c1-14-16(15-2)9-4-3-6-11-7-5-8-12(13)10-11/h5,7-8,10,16H,3-4,6,9H2,1-2H3. The van der Waals surface area contributed by atoms with Crippen molar-refractivity contribution in [2.75, 3.05) is 14.2 Å². The first-order valence-electron chi connectivity index (χ1n) is 5.56. The minimum absolute atomic E-state index is 0.818. The molecule has 0 amide bonds. The van der Waals surface area contributed by atoms with Crippen LogP contribution in [0, 0.1) is 0 Å². The molecule has 0 aromatic heterocycles. The van der Waals surface area contributed by atoms with Crippen LogP contribution >= 0.6 is 11.6 Å². The molecule has 0 aliphatic rings. The highest BCUT2D eigenvalue weighted by molar-refractivity contribution is 6.44. The van der Waals surface area contributed by atoms with Crippen LogP contribution in [-0.2, 0) is 15.3 Å². The Kier molecular flexibility index (Phi) is 6.72. The highest BCUT2D eigenvalue weighted by Crippen LogP contribution is 2.14. The fourth-order valence-corrected chi connectivity index (χ4v) is 3.16. The van der Waals surface area contributed by atoms with Crippen LogP contribution in [-0.4, -0.2) is 23.5 Å². The Morgan fingerprint density at radius 2 is 1.94 bits per heavy atom. The van der Waals surface area contributed by atoms with Crippen molar-refractivity contribution < 1.29 is 8.85 Å². The second kappa shape index (κ2) is 7.85. The second-order valence-corrected chi connectivity index (χ2v) is 6.59. The van der Waals surface area contributed by atoms with Crippen LogP contribution in [0.3, 0.4) is 0 Å². The van der Waals surface area contributed by atoms with Gasteiger partial charge in [0.1, 0.15) is 0 Å². The van der Waals surface area contributed by atoms with E-state index in [-0.39, 0.29) is 0 Å². The Hall–Kier alpha value is -0.353. The van der Waals surface area contributed by atoms with E-state index in [0.717, 1.165) is 30.3 Å². The van der Waals surface area contributed by atoms with Gasteiger partial charge in [0, 0.05) is 19.2 Å². The van der Waals surface area contributed by atoms with E-state index >= 15 is 0 Å². The third kappa shape index (κ3) is 5.12. The molecular formula is C12H19ClO2Si. The van der Waals surface area contributed by atoms with Gasteiger partial charge in [0.15, 0.2) is 0 Å². The van der Waals surface area contributed by atoms with E-state index in [1.807, 2.05) is 18.2 Å². The van der Waals surface area contributed by atoms with Crippen LogP contribution in [0.4, 0.5) is 0 Å². The number of halogens is 1. The van der Waals surface area contributed by atoms with Gasteiger partial charge in [-0.25, -0.2) is 0 Å². The van der Waals surface area contributed by atoms with Crippen molar-refractivity contribution in [3.8, 4) is 0 Å². The maximum absolute atomic E-state index is 5.92. The first kappa shape index (κ1) is 13.7. The first-order valence-corrected chi connectivity index (χ1v) is 7.70. The van der Waals surface area contributed by atoms with E-state index in [4.69, 9.17) is 20.5 Å². The number of benzene rings is 1. The SMILES string of the molecule is CO[SiH](CCCCc1cccc(Cl)c1)OC. The van der Waals surface area contributed by atoms with Gasteiger partial charge < -0.3 is 8.85 Å². The maximum Gasteiger partial charge on any atom is 0.320 e. The lowest BCUT2D eigenvalue weighted by Crippen LogP contribution is -2.18. The van der Waals surface area contributed by atoms with Gasteiger partial charge in [-0.05, 0) is 36.6 Å². The zero-order valence-corrected chi connectivity index (χ0v) is 11.8. The largest absolute Gasteiger partial charge is 0.400 e. The molecule has 0 saturated heterocycles. The lowest BCUT2D eigenvalue weighted by Gasteiger charge is -2.10. The molecule has 1 aromatic carbocycles. The molecule has 0 fully saturated rings. The highest BCUT2D eigenvalue weighted by Gasteiger charge is 2.08. The van der Waals surface area contributed by atoms with Gasteiger partial charge in [-0.15, -0.1) is 0 Å². The van der Waals surface area contributed by atoms with Crippen molar-refractivity contribution in [2.45, 2.75) is 25.3 Å². The number of hydrogen-bond donors (Lipinski definition) is 0. The molecule has 1 rings (SSSR count). The smallest absolute Gasteiger partial charge is 0.320 e. The molecule has 0 bridgehead atoms. The molecule has 0 radical (unpaired) electrons. The minimum atomic E-state index is -1.35. The van der Waals surface area contributed by atoms with Crippen molar-refractivity contribution in [2.24, 2.45) is 0 Å². The molecule has 0 heterocycles. The molecule has 0 saturated carbocycles. The quantitative estimate of drug-likeness (QED) is 0.553. The average Bonchev–Trinajstić information content (AvgIpc) is 2.29. The van der Waals surface area contributed by atoms with Crippen LogP contribution in [0.15, 0.2) is 24.3 Å². The summed E-state index contributed by atoms with van der Waals surface area (Å²) < 4.78 is 10.5. The Balaban J connectivity index is 2.20. The van der Waals surface area contributed by atoms with Crippen molar-refractivity contribution in [1.82, 2.24) is 0 Å². The summed E-state index contributed by atoms with van der Waals surface area (Å²) in [4.78, 5) is 0.